The van der Waals surface area contributed by atoms with E-state index in [2.05, 4.69) is 5.32 Å². The Labute approximate surface area is 202 Å². The standard InChI is InChI=1S/C26H24ClN3O4/c1-34-22-13-11-20(12-14-22)28-24(31)17-23-25(32)30(21-5-3-2-4-6-21)26(33)29(23)16-15-18-7-9-19(27)10-8-18/h2-14,23H,15-17H2,1H3,(H,28,31)/t23-/m1/s1. The summed E-state index contributed by atoms with van der Waals surface area (Å²) in [5.74, 6) is -0.110. The number of methoxy groups -OCH3 is 1. The van der Waals surface area contributed by atoms with Crippen molar-refractivity contribution < 1.29 is 19.1 Å². The van der Waals surface area contributed by atoms with Crippen molar-refractivity contribution in [2.75, 3.05) is 23.9 Å². The third-order valence-corrected chi connectivity index (χ3v) is 5.89. The van der Waals surface area contributed by atoms with Crippen molar-refractivity contribution in [3.8, 4) is 5.75 Å². The molecule has 1 aliphatic heterocycles. The van der Waals surface area contributed by atoms with Gasteiger partial charge in [0.1, 0.15) is 11.8 Å². The van der Waals surface area contributed by atoms with E-state index in [-0.39, 0.29) is 18.9 Å². The molecule has 0 radical (unpaired) electrons. The van der Waals surface area contributed by atoms with Crippen LogP contribution in [0.4, 0.5) is 16.2 Å². The number of nitrogens with zero attached hydrogens (tertiary/aromatic N) is 2. The molecule has 4 rings (SSSR count). The number of para-hydroxylation sites is 1. The van der Waals surface area contributed by atoms with Crippen LogP contribution < -0.4 is 15.0 Å². The maximum Gasteiger partial charge on any atom is 0.332 e. The molecular formula is C26H24ClN3O4. The molecule has 4 amide bonds. The van der Waals surface area contributed by atoms with Crippen LogP contribution in [-0.2, 0) is 16.0 Å². The minimum Gasteiger partial charge on any atom is -0.497 e. The maximum absolute atomic E-state index is 13.3. The summed E-state index contributed by atoms with van der Waals surface area (Å²) in [4.78, 5) is 42.0. The molecule has 174 valence electrons. The second-order valence-corrected chi connectivity index (χ2v) is 8.29. The molecule has 34 heavy (non-hydrogen) atoms. The number of hydrogen-bond donors (Lipinski definition) is 1. The molecule has 0 bridgehead atoms. The third-order valence-electron chi connectivity index (χ3n) is 5.64. The molecule has 7 nitrogen and oxygen atoms in total. The molecule has 1 N–H and O–H groups in total. The molecular weight excluding hydrogens is 454 g/mol. The normalized spacial score (nSPS) is 15.5. The number of rotatable bonds is 8. The number of ether oxygens (including phenoxy) is 1. The zero-order valence-electron chi connectivity index (χ0n) is 18.6. The van der Waals surface area contributed by atoms with E-state index in [9.17, 15) is 14.4 Å². The Hall–Kier alpha value is -3.84. The van der Waals surface area contributed by atoms with Crippen LogP contribution in [0.15, 0.2) is 78.9 Å². The Morgan fingerprint density at radius 3 is 2.29 bits per heavy atom. The van der Waals surface area contributed by atoms with Crippen molar-refractivity contribution in [3.05, 3.63) is 89.4 Å². The zero-order chi connectivity index (χ0) is 24.1. The molecule has 8 heteroatoms. The first kappa shape index (κ1) is 23.3. The van der Waals surface area contributed by atoms with Gasteiger partial charge in [-0.3, -0.25) is 9.59 Å². The van der Waals surface area contributed by atoms with E-state index in [1.165, 1.54) is 4.90 Å². The van der Waals surface area contributed by atoms with E-state index in [1.807, 2.05) is 18.2 Å². The van der Waals surface area contributed by atoms with Gasteiger partial charge in [0.25, 0.3) is 5.91 Å². The van der Waals surface area contributed by atoms with Crippen LogP contribution in [0.2, 0.25) is 5.02 Å². The molecule has 3 aromatic carbocycles. The average molecular weight is 478 g/mol. The topological polar surface area (TPSA) is 79.0 Å². The van der Waals surface area contributed by atoms with Crippen molar-refractivity contribution in [1.29, 1.82) is 0 Å². The highest BCUT2D eigenvalue weighted by molar-refractivity contribution is 6.30. The lowest BCUT2D eigenvalue weighted by atomic mass is 10.1. The Balaban J connectivity index is 1.52. The fourth-order valence-electron chi connectivity index (χ4n) is 3.86. The fourth-order valence-corrected chi connectivity index (χ4v) is 3.99. The number of nitrogens with one attached hydrogen (secondary N) is 1. The number of carbonyl (C=O) groups is 3. The highest BCUT2D eigenvalue weighted by Crippen LogP contribution is 2.27. The Morgan fingerprint density at radius 2 is 1.65 bits per heavy atom. The largest absolute Gasteiger partial charge is 0.497 e. The number of hydrogen-bond acceptors (Lipinski definition) is 4. The van der Waals surface area contributed by atoms with Gasteiger partial charge in [-0.15, -0.1) is 0 Å². The maximum atomic E-state index is 13.3. The summed E-state index contributed by atoms with van der Waals surface area (Å²) in [5, 5.41) is 3.42. The molecule has 1 atom stereocenters. The second kappa shape index (κ2) is 10.4. The van der Waals surface area contributed by atoms with E-state index in [0.717, 1.165) is 10.5 Å². The van der Waals surface area contributed by atoms with Gasteiger partial charge in [-0.05, 0) is 60.5 Å². The average Bonchev–Trinajstić information content (AvgIpc) is 3.08. The van der Waals surface area contributed by atoms with Gasteiger partial charge >= 0.3 is 6.03 Å². The first-order valence-corrected chi connectivity index (χ1v) is 11.2. The van der Waals surface area contributed by atoms with Gasteiger partial charge in [0.05, 0.1) is 19.2 Å². The highest BCUT2D eigenvalue weighted by Gasteiger charge is 2.46. The molecule has 1 heterocycles. The van der Waals surface area contributed by atoms with Gasteiger partial charge in [-0.1, -0.05) is 41.9 Å². The van der Waals surface area contributed by atoms with Crippen LogP contribution in [0.1, 0.15) is 12.0 Å². The molecule has 0 unspecified atom stereocenters. The van der Waals surface area contributed by atoms with Gasteiger partial charge in [-0.2, -0.15) is 0 Å². The zero-order valence-corrected chi connectivity index (χ0v) is 19.4. The molecule has 0 saturated carbocycles. The summed E-state index contributed by atoms with van der Waals surface area (Å²) in [6.07, 6.45) is 0.371. The molecule has 0 spiro atoms. The van der Waals surface area contributed by atoms with E-state index in [0.29, 0.717) is 28.6 Å². The summed E-state index contributed by atoms with van der Waals surface area (Å²) in [6.45, 7) is 0.288. The van der Waals surface area contributed by atoms with Gasteiger partial charge in [0, 0.05) is 17.3 Å². The van der Waals surface area contributed by atoms with Crippen molar-refractivity contribution in [1.82, 2.24) is 4.90 Å². The van der Waals surface area contributed by atoms with Gasteiger partial charge in [0.15, 0.2) is 0 Å². The lowest BCUT2D eigenvalue weighted by Crippen LogP contribution is -2.39. The molecule has 0 aromatic heterocycles. The monoisotopic (exact) mass is 477 g/mol. The number of halogens is 1. The Kier molecular flexibility index (Phi) is 7.13. The fraction of sp³-hybridized carbons (Fsp3) is 0.192. The van der Waals surface area contributed by atoms with Gasteiger partial charge < -0.3 is 15.0 Å². The van der Waals surface area contributed by atoms with E-state index < -0.39 is 18.0 Å². The quantitative estimate of drug-likeness (QED) is 0.474. The van der Waals surface area contributed by atoms with Crippen LogP contribution in [0.3, 0.4) is 0 Å². The van der Waals surface area contributed by atoms with Crippen LogP contribution >= 0.6 is 11.6 Å². The van der Waals surface area contributed by atoms with Crippen LogP contribution in [-0.4, -0.2) is 42.4 Å². The number of benzene rings is 3. The first-order chi connectivity index (χ1) is 16.5. The number of anilines is 2. The molecule has 3 aromatic rings. The second-order valence-electron chi connectivity index (χ2n) is 7.86. The number of amides is 4. The van der Waals surface area contributed by atoms with E-state index >= 15 is 0 Å². The van der Waals surface area contributed by atoms with Crippen molar-refractivity contribution in [3.63, 3.8) is 0 Å². The first-order valence-electron chi connectivity index (χ1n) is 10.8. The Morgan fingerprint density at radius 1 is 0.971 bits per heavy atom. The highest BCUT2D eigenvalue weighted by atomic mass is 35.5. The van der Waals surface area contributed by atoms with Crippen molar-refractivity contribution in [2.24, 2.45) is 0 Å². The third kappa shape index (κ3) is 5.21. The predicted molar refractivity (Wildman–Crippen MR) is 131 cm³/mol. The number of urea groups is 1. The minimum atomic E-state index is -0.904. The summed E-state index contributed by atoms with van der Waals surface area (Å²) < 4.78 is 5.13. The predicted octanol–water partition coefficient (Wildman–Crippen LogP) is 4.76. The van der Waals surface area contributed by atoms with Crippen LogP contribution in [0.5, 0.6) is 5.75 Å². The number of imide groups is 1. The van der Waals surface area contributed by atoms with Crippen molar-refractivity contribution >= 4 is 40.8 Å². The SMILES string of the molecule is COc1ccc(NC(=O)C[C@@H]2C(=O)N(c3ccccc3)C(=O)N2CCc2ccc(Cl)cc2)cc1. The molecule has 1 aliphatic rings. The van der Waals surface area contributed by atoms with E-state index in [1.54, 1.807) is 67.8 Å². The molecule has 1 saturated heterocycles. The summed E-state index contributed by atoms with van der Waals surface area (Å²) >= 11 is 5.96. The van der Waals surface area contributed by atoms with Crippen LogP contribution in [0, 0.1) is 0 Å². The summed E-state index contributed by atoms with van der Waals surface area (Å²) in [7, 11) is 1.56. The summed E-state index contributed by atoms with van der Waals surface area (Å²) in [6, 6.07) is 21.6. The molecule has 0 aliphatic carbocycles. The van der Waals surface area contributed by atoms with Gasteiger partial charge in [-0.25, -0.2) is 9.69 Å². The molecule has 1 fully saturated rings. The Bertz CT molecular complexity index is 1170. The number of carbonyl (C=O) groups excluding carboxylic acids is 3. The smallest absolute Gasteiger partial charge is 0.332 e. The van der Waals surface area contributed by atoms with E-state index in [4.69, 9.17) is 16.3 Å². The van der Waals surface area contributed by atoms with Gasteiger partial charge in [0.2, 0.25) is 5.91 Å². The lowest BCUT2D eigenvalue weighted by Gasteiger charge is -2.21. The minimum absolute atomic E-state index is 0.152. The van der Waals surface area contributed by atoms with Crippen molar-refractivity contribution in [2.45, 2.75) is 18.9 Å². The van der Waals surface area contributed by atoms with Crippen LogP contribution in [0.25, 0.3) is 0 Å². The summed E-state index contributed by atoms with van der Waals surface area (Å²) in [5.41, 5.74) is 2.03. The lowest BCUT2D eigenvalue weighted by molar-refractivity contribution is -0.124.